The zero-order chi connectivity index (χ0) is 12.0. The quantitative estimate of drug-likeness (QED) is 0.730. The van der Waals surface area contributed by atoms with E-state index >= 15 is 0 Å². The topological polar surface area (TPSA) is 55.3 Å². The zero-order valence-corrected chi connectivity index (χ0v) is 10.8. The number of ether oxygens (including phenoxy) is 1. The van der Waals surface area contributed by atoms with Crippen molar-refractivity contribution in [2.24, 2.45) is 0 Å². The smallest absolute Gasteiger partial charge is 0.306 e. The molecule has 0 amide bonds. The van der Waals surface area contributed by atoms with Gasteiger partial charge < -0.3 is 4.74 Å². The second-order valence-electron chi connectivity index (χ2n) is 3.14. The van der Waals surface area contributed by atoms with Crippen LogP contribution in [0.15, 0.2) is 0 Å². The van der Waals surface area contributed by atoms with Crippen molar-refractivity contribution in [3.05, 3.63) is 9.47 Å². The number of carbonyl (C=O) groups excluding carboxylic acids is 1. The summed E-state index contributed by atoms with van der Waals surface area (Å²) < 4.78 is 5.03. The minimum absolute atomic E-state index is 0.200. The van der Waals surface area contributed by atoms with Gasteiger partial charge in [-0.25, -0.2) is 0 Å². The number of methoxy groups -OCH3 is 1. The van der Waals surface area contributed by atoms with E-state index in [4.69, 9.17) is 11.6 Å². The Labute approximate surface area is 103 Å². The van der Waals surface area contributed by atoms with Gasteiger partial charge in [-0.05, 0) is 18.1 Å². The van der Waals surface area contributed by atoms with Crippen molar-refractivity contribution in [2.75, 3.05) is 20.2 Å². The number of hydrogen-bond donors (Lipinski definition) is 0. The fourth-order valence-electron chi connectivity index (χ4n) is 1.19. The van der Waals surface area contributed by atoms with Crippen LogP contribution >= 0.6 is 22.9 Å². The van der Waals surface area contributed by atoms with Crippen molar-refractivity contribution in [3.8, 4) is 0 Å². The molecule has 16 heavy (non-hydrogen) atoms. The predicted octanol–water partition coefficient (Wildman–Crippen LogP) is 1.58. The molecule has 90 valence electrons. The lowest BCUT2D eigenvalue weighted by atomic mass is 10.3. The van der Waals surface area contributed by atoms with Crippen molar-refractivity contribution in [1.82, 2.24) is 15.1 Å². The lowest BCUT2D eigenvalue weighted by Gasteiger charge is -2.17. The highest BCUT2D eigenvalue weighted by molar-refractivity contribution is 7.15. The zero-order valence-electron chi connectivity index (χ0n) is 9.27. The summed E-state index contributed by atoms with van der Waals surface area (Å²) in [5, 5.41) is 8.52. The Morgan fingerprint density at radius 2 is 2.31 bits per heavy atom. The monoisotopic (exact) mass is 263 g/mol. The summed E-state index contributed by atoms with van der Waals surface area (Å²) in [6.45, 7) is 4.19. The van der Waals surface area contributed by atoms with E-state index in [1.165, 1.54) is 18.4 Å². The minimum Gasteiger partial charge on any atom is -0.469 e. The average molecular weight is 264 g/mol. The van der Waals surface area contributed by atoms with Gasteiger partial charge in [0, 0.05) is 6.54 Å². The van der Waals surface area contributed by atoms with Crippen LogP contribution in [0.25, 0.3) is 0 Å². The maximum atomic E-state index is 11.0. The van der Waals surface area contributed by atoms with Crippen LogP contribution in [0.2, 0.25) is 4.47 Å². The summed E-state index contributed by atoms with van der Waals surface area (Å²) >= 11 is 7.05. The molecule has 0 N–H and O–H groups in total. The number of carbonyl (C=O) groups is 1. The standard InChI is InChI=1S/C9H14ClN3O2S/c1-3-13(5-4-8(14)15-2)6-7-11-12-9(10)16-7/h3-6H2,1-2H3. The number of nitrogens with zero attached hydrogens (tertiary/aromatic N) is 3. The molecule has 0 radical (unpaired) electrons. The first-order valence-corrected chi connectivity index (χ1v) is 6.12. The molecule has 0 unspecified atom stereocenters. The van der Waals surface area contributed by atoms with Crippen molar-refractivity contribution < 1.29 is 9.53 Å². The predicted molar refractivity (Wildman–Crippen MR) is 62.5 cm³/mol. The maximum absolute atomic E-state index is 11.0. The molecule has 0 saturated heterocycles. The fraction of sp³-hybridized carbons (Fsp3) is 0.667. The number of hydrogen-bond acceptors (Lipinski definition) is 6. The molecule has 0 atom stereocenters. The molecule has 0 aliphatic heterocycles. The Hall–Kier alpha value is -0.720. The number of rotatable bonds is 6. The highest BCUT2D eigenvalue weighted by atomic mass is 35.5. The van der Waals surface area contributed by atoms with E-state index in [0.29, 0.717) is 24.0 Å². The summed E-state index contributed by atoms with van der Waals surface area (Å²) in [5.41, 5.74) is 0. The van der Waals surface area contributed by atoms with Crippen LogP contribution in [-0.4, -0.2) is 41.3 Å². The van der Waals surface area contributed by atoms with E-state index in [2.05, 4.69) is 19.8 Å². The van der Waals surface area contributed by atoms with E-state index in [9.17, 15) is 4.79 Å². The third kappa shape index (κ3) is 4.42. The van der Waals surface area contributed by atoms with E-state index in [0.717, 1.165) is 11.6 Å². The minimum atomic E-state index is -0.200. The van der Waals surface area contributed by atoms with Crippen molar-refractivity contribution in [1.29, 1.82) is 0 Å². The van der Waals surface area contributed by atoms with Gasteiger partial charge in [-0.2, -0.15) is 0 Å². The molecule has 0 fully saturated rings. The molecule has 0 aromatic carbocycles. The van der Waals surface area contributed by atoms with Gasteiger partial charge in [-0.3, -0.25) is 9.69 Å². The molecular formula is C9H14ClN3O2S. The van der Waals surface area contributed by atoms with Crippen LogP contribution in [0, 0.1) is 0 Å². The molecule has 0 bridgehead atoms. The first-order valence-electron chi connectivity index (χ1n) is 4.92. The van der Waals surface area contributed by atoms with Gasteiger partial charge >= 0.3 is 5.97 Å². The lowest BCUT2D eigenvalue weighted by Crippen LogP contribution is -2.26. The first kappa shape index (κ1) is 13.3. The highest BCUT2D eigenvalue weighted by Gasteiger charge is 2.10. The van der Waals surface area contributed by atoms with Gasteiger partial charge in [0.2, 0.25) is 4.47 Å². The van der Waals surface area contributed by atoms with E-state index in [1.54, 1.807) is 0 Å². The van der Waals surface area contributed by atoms with Gasteiger partial charge in [-0.1, -0.05) is 18.3 Å². The van der Waals surface area contributed by atoms with E-state index < -0.39 is 0 Å². The first-order chi connectivity index (χ1) is 7.65. The number of aromatic nitrogens is 2. The SMILES string of the molecule is CCN(CCC(=O)OC)Cc1nnc(Cl)s1. The molecule has 0 saturated carbocycles. The molecule has 7 heteroatoms. The van der Waals surface area contributed by atoms with Gasteiger partial charge in [-0.15, -0.1) is 10.2 Å². The normalized spacial score (nSPS) is 10.8. The second kappa shape index (κ2) is 6.78. The molecular weight excluding hydrogens is 250 g/mol. The maximum Gasteiger partial charge on any atom is 0.306 e. The van der Waals surface area contributed by atoms with Crippen LogP contribution < -0.4 is 0 Å². The third-order valence-electron chi connectivity index (χ3n) is 2.11. The molecule has 0 aliphatic rings. The summed E-state index contributed by atoms with van der Waals surface area (Å²) in [5.74, 6) is -0.200. The number of halogens is 1. The molecule has 1 rings (SSSR count). The molecule has 1 heterocycles. The fourth-order valence-corrected chi connectivity index (χ4v) is 2.10. The summed E-state index contributed by atoms with van der Waals surface area (Å²) in [4.78, 5) is 13.1. The Morgan fingerprint density at radius 1 is 1.56 bits per heavy atom. The Balaban J connectivity index is 2.40. The van der Waals surface area contributed by atoms with Crippen LogP contribution in [-0.2, 0) is 16.1 Å². The van der Waals surface area contributed by atoms with Crippen LogP contribution in [0.4, 0.5) is 0 Å². The lowest BCUT2D eigenvalue weighted by molar-refractivity contribution is -0.141. The van der Waals surface area contributed by atoms with Gasteiger partial charge in [0.25, 0.3) is 0 Å². The Bertz CT molecular complexity index is 345. The van der Waals surface area contributed by atoms with Crippen molar-refractivity contribution in [2.45, 2.75) is 19.9 Å². The van der Waals surface area contributed by atoms with Gasteiger partial charge in [0.15, 0.2) is 0 Å². The van der Waals surface area contributed by atoms with Crippen LogP contribution in [0.5, 0.6) is 0 Å². The summed E-state index contributed by atoms with van der Waals surface area (Å²) in [6, 6.07) is 0. The largest absolute Gasteiger partial charge is 0.469 e. The molecule has 5 nitrogen and oxygen atoms in total. The Morgan fingerprint density at radius 3 is 2.81 bits per heavy atom. The molecule has 1 aromatic heterocycles. The molecule has 0 aliphatic carbocycles. The number of esters is 1. The van der Waals surface area contributed by atoms with E-state index in [1.807, 2.05) is 6.92 Å². The van der Waals surface area contributed by atoms with Crippen LogP contribution in [0.3, 0.4) is 0 Å². The second-order valence-corrected chi connectivity index (χ2v) is 4.79. The van der Waals surface area contributed by atoms with Crippen molar-refractivity contribution >= 4 is 28.9 Å². The Kier molecular flexibility index (Phi) is 5.65. The highest BCUT2D eigenvalue weighted by Crippen LogP contribution is 2.16. The van der Waals surface area contributed by atoms with Gasteiger partial charge in [0.05, 0.1) is 20.1 Å². The molecule has 1 aromatic rings. The van der Waals surface area contributed by atoms with E-state index in [-0.39, 0.29) is 5.97 Å². The summed E-state index contributed by atoms with van der Waals surface area (Å²) in [6.07, 6.45) is 0.386. The third-order valence-corrected chi connectivity index (χ3v) is 3.11. The van der Waals surface area contributed by atoms with Gasteiger partial charge in [0.1, 0.15) is 5.01 Å². The summed E-state index contributed by atoms with van der Waals surface area (Å²) in [7, 11) is 1.39. The molecule has 0 spiro atoms. The van der Waals surface area contributed by atoms with Crippen LogP contribution in [0.1, 0.15) is 18.4 Å². The average Bonchev–Trinajstić information content (AvgIpc) is 2.69. The van der Waals surface area contributed by atoms with Crippen molar-refractivity contribution in [3.63, 3.8) is 0 Å².